The molecule has 0 aliphatic rings. The van der Waals surface area contributed by atoms with E-state index in [1.165, 1.54) is 6.20 Å². The molecule has 0 aliphatic carbocycles. The lowest BCUT2D eigenvalue weighted by atomic mass is 10.3. The molecule has 76 valence electrons. The van der Waals surface area contributed by atoms with Crippen LogP contribution < -0.4 is 5.32 Å². The van der Waals surface area contributed by atoms with E-state index < -0.39 is 5.97 Å². The summed E-state index contributed by atoms with van der Waals surface area (Å²) in [5, 5.41) is 11.3. The van der Waals surface area contributed by atoms with Gasteiger partial charge in [0, 0.05) is 18.3 Å². The monoisotopic (exact) mass is 203 g/mol. The first-order valence-corrected chi connectivity index (χ1v) is 5.55. The molecule has 0 aliphatic heterocycles. The lowest BCUT2D eigenvalue weighted by Gasteiger charge is -2.10. The number of carboxylic acids is 1. The Morgan fingerprint density at radius 2 is 2.38 bits per heavy atom. The van der Waals surface area contributed by atoms with Crippen LogP contribution in [-0.2, 0) is 4.79 Å². The zero-order valence-corrected chi connectivity index (χ0v) is 8.93. The highest BCUT2D eigenvalue weighted by molar-refractivity contribution is 7.99. The molecule has 0 spiro atoms. The molecule has 0 saturated heterocycles. The van der Waals surface area contributed by atoms with Gasteiger partial charge in [-0.25, -0.2) is 4.79 Å². The first kappa shape index (κ1) is 12.4. The second-order valence-corrected chi connectivity index (χ2v) is 4.12. The molecule has 0 fully saturated rings. The van der Waals surface area contributed by atoms with Crippen LogP contribution in [0.25, 0.3) is 0 Å². The van der Waals surface area contributed by atoms with E-state index in [2.05, 4.69) is 12.2 Å². The van der Waals surface area contributed by atoms with Gasteiger partial charge < -0.3 is 10.4 Å². The third-order valence-electron chi connectivity index (χ3n) is 1.51. The number of carboxylic acid groups (broad SMARTS) is 1. The smallest absolute Gasteiger partial charge is 0.329 e. The Hall–Kier alpha value is -0.640. The molecule has 0 heterocycles. The summed E-state index contributed by atoms with van der Waals surface area (Å²) in [6.07, 6.45) is 3.66. The molecular weight excluding hydrogens is 186 g/mol. The molecule has 0 aromatic heterocycles. The van der Waals surface area contributed by atoms with Gasteiger partial charge >= 0.3 is 5.97 Å². The second kappa shape index (κ2) is 7.98. The number of hydrogen-bond donors (Lipinski definition) is 2. The van der Waals surface area contributed by atoms with Crippen molar-refractivity contribution in [3.63, 3.8) is 0 Å². The van der Waals surface area contributed by atoms with Crippen molar-refractivity contribution < 1.29 is 9.90 Å². The predicted octanol–water partition coefficient (Wildman–Crippen LogP) is 1.71. The van der Waals surface area contributed by atoms with Crippen LogP contribution in [0.1, 0.15) is 20.3 Å². The number of carbonyl (C=O) groups is 1. The minimum atomic E-state index is -0.914. The molecule has 0 aromatic carbocycles. The van der Waals surface area contributed by atoms with Crippen molar-refractivity contribution in [2.45, 2.75) is 26.3 Å². The van der Waals surface area contributed by atoms with E-state index in [9.17, 15) is 4.79 Å². The SMILES string of the molecule is CCSCCC(C)N/C=C/C(=O)O. The van der Waals surface area contributed by atoms with Crippen molar-refractivity contribution in [1.29, 1.82) is 0 Å². The molecular formula is C9H17NO2S. The summed E-state index contributed by atoms with van der Waals surface area (Å²) >= 11 is 1.90. The van der Waals surface area contributed by atoms with E-state index in [0.29, 0.717) is 6.04 Å². The third-order valence-corrected chi connectivity index (χ3v) is 2.44. The van der Waals surface area contributed by atoms with Gasteiger partial charge in [-0.05, 0) is 24.9 Å². The standard InChI is InChI=1S/C9H17NO2S/c1-3-13-7-5-8(2)10-6-4-9(11)12/h4,6,8,10H,3,5,7H2,1-2H3,(H,11,12)/b6-4+. The summed E-state index contributed by atoms with van der Waals surface area (Å²) in [4.78, 5) is 10.1. The molecule has 0 amide bonds. The third kappa shape index (κ3) is 9.27. The number of rotatable bonds is 7. The highest BCUT2D eigenvalue weighted by Gasteiger charge is 1.97. The summed E-state index contributed by atoms with van der Waals surface area (Å²) in [7, 11) is 0. The maximum atomic E-state index is 10.1. The molecule has 1 atom stereocenters. The number of nitrogens with one attached hydrogen (secondary N) is 1. The minimum Gasteiger partial charge on any atom is -0.478 e. The lowest BCUT2D eigenvalue weighted by Crippen LogP contribution is -2.21. The first-order valence-electron chi connectivity index (χ1n) is 4.40. The van der Waals surface area contributed by atoms with Crippen LogP contribution in [0.4, 0.5) is 0 Å². The quantitative estimate of drug-likeness (QED) is 0.488. The zero-order chi connectivity index (χ0) is 10.1. The van der Waals surface area contributed by atoms with Crippen molar-refractivity contribution in [2.75, 3.05) is 11.5 Å². The highest BCUT2D eigenvalue weighted by Crippen LogP contribution is 2.03. The zero-order valence-electron chi connectivity index (χ0n) is 8.12. The summed E-state index contributed by atoms with van der Waals surface area (Å²) < 4.78 is 0. The van der Waals surface area contributed by atoms with Gasteiger partial charge in [0.1, 0.15) is 0 Å². The van der Waals surface area contributed by atoms with Gasteiger partial charge in [0.25, 0.3) is 0 Å². The van der Waals surface area contributed by atoms with E-state index in [-0.39, 0.29) is 0 Å². The fraction of sp³-hybridized carbons (Fsp3) is 0.667. The Kier molecular flexibility index (Phi) is 7.59. The van der Waals surface area contributed by atoms with E-state index in [4.69, 9.17) is 5.11 Å². The maximum absolute atomic E-state index is 10.1. The first-order chi connectivity index (χ1) is 6.16. The van der Waals surface area contributed by atoms with Crippen molar-refractivity contribution in [3.05, 3.63) is 12.3 Å². The molecule has 0 aromatic rings. The topological polar surface area (TPSA) is 49.3 Å². The molecule has 1 unspecified atom stereocenters. The Morgan fingerprint density at radius 1 is 1.69 bits per heavy atom. The predicted molar refractivity (Wildman–Crippen MR) is 57.0 cm³/mol. The number of thioether (sulfide) groups is 1. The van der Waals surface area contributed by atoms with Crippen LogP contribution in [0.2, 0.25) is 0 Å². The number of aliphatic carboxylic acids is 1. The Labute approximate surface area is 83.6 Å². The van der Waals surface area contributed by atoms with Crippen LogP contribution in [0, 0.1) is 0 Å². The molecule has 4 heteroatoms. The van der Waals surface area contributed by atoms with Crippen LogP contribution in [0.3, 0.4) is 0 Å². The molecule has 0 bridgehead atoms. The van der Waals surface area contributed by atoms with Crippen molar-refractivity contribution in [1.82, 2.24) is 5.32 Å². The fourth-order valence-corrected chi connectivity index (χ4v) is 1.58. The normalized spacial score (nSPS) is 13.1. The highest BCUT2D eigenvalue weighted by atomic mass is 32.2. The summed E-state index contributed by atoms with van der Waals surface area (Å²) in [6.45, 7) is 4.18. The van der Waals surface area contributed by atoms with Crippen molar-refractivity contribution >= 4 is 17.7 Å². The Bertz CT molecular complexity index is 171. The van der Waals surface area contributed by atoms with Gasteiger partial charge in [-0.3, -0.25) is 0 Å². The summed E-state index contributed by atoms with van der Waals surface area (Å²) in [5.74, 6) is 1.34. The van der Waals surface area contributed by atoms with Gasteiger partial charge in [-0.1, -0.05) is 6.92 Å². The fourth-order valence-electron chi connectivity index (χ4n) is 0.771. The van der Waals surface area contributed by atoms with Crippen LogP contribution >= 0.6 is 11.8 Å². The largest absolute Gasteiger partial charge is 0.478 e. The minimum absolute atomic E-state index is 0.342. The molecule has 13 heavy (non-hydrogen) atoms. The van der Waals surface area contributed by atoms with E-state index in [1.807, 2.05) is 18.7 Å². The molecule has 2 N–H and O–H groups in total. The maximum Gasteiger partial charge on any atom is 0.329 e. The van der Waals surface area contributed by atoms with Gasteiger partial charge in [0.2, 0.25) is 0 Å². The number of hydrogen-bond acceptors (Lipinski definition) is 3. The van der Waals surface area contributed by atoms with Gasteiger partial charge in [0.05, 0.1) is 0 Å². The van der Waals surface area contributed by atoms with E-state index in [1.54, 1.807) is 0 Å². The molecule has 0 saturated carbocycles. The van der Waals surface area contributed by atoms with Gasteiger partial charge in [-0.2, -0.15) is 11.8 Å². The lowest BCUT2D eigenvalue weighted by molar-refractivity contribution is -0.131. The van der Waals surface area contributed by atoms with Crippen LogP contribution in [-0.4, -0.2) is 28.6 Å². The van der Waals surface area contributed by atoms with Crippen LogP contribution in [0.15, 0.2) is 12.3 Å². The average molecular weight is 203 g/mol. The molecule has 0 rings (SSSR count). The van der Waals surface area contributed by atoms with Gasteiger partial charge in [-0.15, -0.1) is 0 Å². The van der Waals surface area contributed by atoms with Crippen molar-refractivity contribution in [2.24, 2.45) is 0 Å². The molecule has 3 nitrogen and oxygen atoms in total. The van der Waals surface area contributed by atoms with Crippen molar-refractivity contribution in [3.8, 4) is 0 Å². The summed E-state index contributed by atoms with van der Waals surface area (Å²) in [6, 6.07) is 0.342. The van der Waals surface area contributed by atoms with Gasteiger partial charge in [0.15, 0.2) is 0 Å². The summed E-state index contributed by atoms with van der Waals surface area (Å²) in [5.41, 5.74) is 0. The molecule has 0 radical (unpaired) electrons. The second-order valence-electron chi connectivity index (χ2n) is 2.72. The Morgan fingerprint density at radius 3 is 2.92 bits per heavy atom. The van der Waals surface area contributed by atoms with E-state index >= 15 is 0 Å². The van der Waals surface area contributed by atoms with Crippen LogP contribution in [0.5, 0.6) is 0 Å². The average Bonchev–Trinajstić information content (AvgIpc) is 2.04. The van der Waals surface area contributed by atoms with E-state index in [0.717, 1.165) is 24.0 Å². The Balaban J connectivity index is 3.39.